The topological polar surface area (TPSA) is 66.4 Å². The molecule has 2 aromatic rings. The number of carboxylic acid groups (broad SMARTS) is 1. The van der Waals surface area contributed by atoms with Crippen LogP contribution < -0.4 is 5.32 Å². The Balaban J connectivity index is 2.24. The Bertz CT molecular complexity index is 705. The van der Waals surface area contributed by atoms with E-state index in [1.54, 1.807) is 19.1 Å². The van der Waals surface area contributed by atoms with Crippen LogP contribution in [0.1, 0.15) is 23.6 Å². The van der Waals surface area contributed by atoms with Crippen molar-refractivity contribution >= 4 is 17.6 Å². The highest BCUT2D eigenvalue weighted by molar-refractivity contribution is 5.95. The molecule has 4 heteroatoms. The van der Waals surface area contributed by atoms with Gasteiger partial charge >= 0.3 is 5.97 Å². The smallest absolute Gasteiger partial charge is 0.307 e. The number of carboxylic acids is 1. The summed E-state index contributed by atoms with van der Waals surface area (Å²) in [6, 6.07) is 15.2. The van der Waals surface area contributed by atoms with Crippen molar-refractivity contribution < 1.29 is 14.7 Å². The highest BCUT2D eigenvalue weighted by Gasteiger charge is 2.30. The molecule has 126 valence electrons. The molecule has 2 N–H and O–H groups in total. The molecule has 0 aliphatic rings. The Morgan fingerprint density at radius 3 is 2.17 bits per heavy atom. The van der Waals surface area contributed by atoms with Gasteiger partial charge in [0.2, 0.25) is 5.91 Å². The van der Waals surface area contributed by atoms with E-state index in [4.69, 9.17) is 0 Å². The summed E-state index contributed by atoms with van der Waals surface area (Å²) < 4.78 is 0. The van der Waals surface area contributed by atoms with Crippen LogP contribution in [-0.4, -0.2) is 17.0 Å². The Morgan fingerprint density at radius 2 is 1.62 bits per heavy atom. The van der Waals surface area contributed by atoms with Gasteiger partial charge in [-0.1, -0.05) is 54.4 Å². The Morgan fingerprint density at radius 1 is 1.04 bits per heavy atom. The maximum atomic E-state index is 12.7. The number of anilines is 1. The van der Waals surface area contributed by atoms with Gasteiger partial charge in [0.15, 0.2) is 0 Å². The van der Waals surface area contributed by atoms with Gasteiger partial charge in [-0.2, -0.15) is 0 Å². The minimum absolute atomic E-state index is 0.268. The quantitative estimate of drug-likeness (QED) is 0.848. The van der Waals surface area contributed by atoms with Gasteiger partial charge in [-0.15, -0.1) is 0 Å². The molecule has 0 bridgehead atoms. The van der Waals surface area contributed by atoms with Crippen LogP contribution >= 0.6 is 0 Å². The van der Waals surface area contributed by atoms with Crippen LogP contribution in [0.2, 0.25) is 0 Å². The lowest BCUT2D eigenvalue weighted by molar-refractivity contribution is -0.145. The van der Waals surface area contributed by atoms with Crippen LogP contribution in [0.15, 0.2) is 48.5 Å². The van der Waals surface area contributed by atoms with Crippen molar-refractivity contribution in [1.82, 2.24) is 0 Å². The highest BCUT2D eigenvalue weighted by Crippen LogP contribution is 2.22. The minimum Gasteiger partial charge on any atom is -0.481 e. The summed E-state index contributed by atoms with van der Waals surface area (Å²) in [7, 11) is 0. The van der Waals surface area contributed by atoms with E-state index in [2.05, 4.69) is 11.4 Å². The minimum atomic E-state index is -0.965. The largest absolute Gasteiger partial charge is 0.481 e. The number of rotatable bonds is 6. The molecule has 0 spiro atoms. The molecule has 2 atom stereocenters. The third kappa shape index (κ3) is 4.69. The Labute approximate surface area is 142 Å². The van der Waals surface area contributed by atoms with Crippen molar-refractivity contribution in [3.8, 4) is 0 Å². The fraction of sp³-hybridized carbons (Fsp3) is 0.300. The lowest BCUT2D eigenvalue weighted by Gasteiger charge is -2.21. The molecule has 0 aliphatic heterocycles. The molecule has 0 aromatic heterocycles. The van der Waals surface area contributed by atoms with E-state index in [1.807, 2.05) is 44.2 Å². The van der Waals surface area contributed by atoms with E-state index in [9.17, 15) is 14.7 Å². The van der Waals surface area contributed by atoms with Gasteiger partial charge in [-0.25, -0.2) is 0 Å². The Hall–Kier alpha value is -2.62. The molecule has 4 nitrogen and oxygen atoms in total. The average molecular weight is 325 g/mol. The van der Waals surface area contributed by atoms with Crippen LogP contribution in [0.3, 0.4) is 0 Å². The first-order chi connectivity index (χ1) is 11.4. The van der Waals surface area contributed by atoms with Crippen LogP contribution in [0.5, 0.6) is 0 Å². The zero-order chi connectivity index (χ0) is 17.7. The van der Waals surface area contributed by atoms with Crippen LogP contribution in [-0.2, 0) is 16.0 Å². The number of carbonyl (C=O) groups is 2. The number of carbonyl (C=O) groups excluding carboxylic acids is 1. The number of aliphatic carboxylic acids is 1. The first-order valence-electron chi connectivity index (χ1n) is 8.02. The summed E-state index contributed by atoms with van der Waals surface area (Å²) in [6.45, 7) is 5.58. The zero-order valence-electron chi connectivity index (χ0n) is 14.2. The molecule has 0 heterocycles. The molecular formula is C20H23NO3. The van der Waals surface area contributed by atoms with E-state index in [-0.39, 0.29) is 5.91 Å². The van der Waals surface area contributed by atoms with Crippen molar-refractivity contribution in [2.45, 2.75) is 27.2 Å². The molecule has 0 saturated heterocycles. The van der Waals surface area contributed by atoms with E-state index >= 15 is 0 Å². The highest BCUT2D eigenvalue weighted by atomic mass is 16.4. The van der Waals surface area contributed by atoms with Crippen LogP contribution in [0.4, 0.5) is 5.69 Å². The molecule has 2 aromatic carbocycles. The molecule has 24 heavy (non-hydrogen) atoms. The normalized spacial score (nSPS) is 13.1. The monoisotopic (exact) mass is 325 g/mol. The summed E-state index contributed by atoms with van der Waals surface area (Å²) in [5.74, 6) is -2.64. The SMILES string of the molecule is Cc1cc(C)cc(C[C@@H](C(=O)Nc2ccccc2)[C@H](C)C(=O)O)c1. The molecular weight excluding hydrogens is 302 g/mol. The Kier molecular flexibility index (Phi) is 5.74. The van der Waals surface area contributed by atoms with E-state index in [0.29, 0.717) is 12.1 Å². The van der Waals surface area contributed by atoms with Gasteiger partial charge in [0.1, 0.15) is 0 Å². The summed E-state index contributed by atoms with van der Waals surface area (Å²) in [6.07, 6.45) is 0.397. The zero-order valence-corrected chi connectivity index (χ0v) is 14.2. The number of benzene rings is 2. The van der Waals surface area contributed by atoms with E-state index < -0.39 is 17.8 Å². The third-order valence-corrected chi connectivity index (χ3v) is 4.11. The summed E-state index contributed by atoms with van der Waals surface area (Å²) in [5, 5.41) is 12.2. The predicted molar refractivity (Wildman–Crippen MR) is 95.0 cm³/mol. The van der Waals surface area contributed by atoms with Crippen molar-refractivity contribution in [1.29, 1.82) is 0 Å². The maximum absolute atomic E-state index is 12.7. The molecule has 1 amide bonds. The molecule has 0 fully saturated rings. The van der Waals surface area contributed by atoms with Crippen molar-refractivity contribution in [3.05, 3.63) is 65.2 Å². The number of aryl methyl sites for hydroxylation is 2. The molecule has 0 aliphatic carbocycles. The van der Waals surface area contributed by atoms with Gasteiger partial charge in [0, 0.05) is 5.69 Å². The first-order valence-corrected chi connectivity index (χ1v) is 8.02. The van der Waals surface area contributed by atoms with E-state index in [0.717, 1.165) is 16.7 Å². The van der Waals surface area contributed by atoms with Gasteiger partial charge in [-0.05, 0) is 38.0 Å². The van der Waals surface area contributed by atoms with Crippen LogP contribution in [0, 0.1) is 25.7 Å². The van der Waals surface area contributed by atoms with Gasteiger partial charge in [0.25, 0.3) is 0 Å². The molecule has 0 unspecified atom stereocenters. The average Bonchev–Trinajstić information content (AvgIpc) is 2.51. The second kappa shape index (κ2) is 7.77. The molecule has 0 radical (unpaired) electrons. The van der Waals surface area contributed by atoms with Gasteiger partial charge < -0.3 is 10.4 Å². The lowest BCUT2D eigenvalue weighted by atomic mass is 9.86. The van der Waals surface area contributed by atoms with Crippen molar-refractivity contribution in [3.63, 3.8) is 0 Å². The third-order valence-electron chi connectivity index (χ3n) is 4.11. The number of para-hydroxylation sites is 1. The number of hydrogen-bond acceptors (Lipinski definition) is 2. The lowest BCUT2D eigenvalue weighted by Crippen LogP contribution is -2.33. The number of amides is 1. The standard InChI is InChI=1S/C20H23NO3/c1-13-9-14(2)11-16(10-13)12-18(15(3)20(23)24)19(22)21-17-7-5-4-6-8-17/h4-11,15,18H,12H2,1-3H3,(H,21,22)(H,23,24)/t15-,18+/m0/s1. The fourth-order valence-corrected chi connectivity index (χ4v) is 2.87. The van der Waals surface area contributed by atoms with Gasteiger partial charge in [-0.3, -0.25) is 9.59 Å². The molecule has 2 rings (SSSR count). The number of nitrogens with one attached hydrogen (secondary N) is 1. The van der Waals surface area contributed by atoms with E-state index in [1.165, 1.54) is 0 Å². The second-order valence-electron chi connectivity index (χ2n) is 6.29. The predicted octanol–water partition coefficient (Wildman–Crippen LogP) is 3.82. The van der Waals surface area contributed by atoms with Crippen molar-refractivity contribution in [2.24, 2.45) is 11.8 Å². The van der Waals surface area contributed by atoms with Crippen LogP contribution in [0.25, 0.3) is 0 Å². The second-order valence-corrected chi connectivity index (χ2v) is 6.29. The first kappa shape index (κ1) is 17.7. The maximum Gasteiger partial charge on any atom is 0.307 e. The van der Waals surface area contributed by atoms with Crippen molar-refractivity contribution in [2.75, 3.05) is 5.32 Å². The van der Waals surface area contributed by atoms with Gasteiger partial charge in [0.05, 0.1) is 11.8 Å². The number of hydrogen-bond donors (Lipinski definition) is 2. The summed E-state index contributed by atoms with van der Waals surface area (Å²) >= 11 is 0. The molecule has 0 saturated carbocycles. The fourth-order valence-electron chi connectivity index (χ4n) is 2.87. The summed E-state index contributed by atoms with van der Waals surface area (Å²) in [5.41, 5.74) is 3.87. The summed E-state index contributed by atoms with van der Waals surface area (Å²) in [4.78, 5) is 24.1.